The van der Waals surface area contributed by atoms with E-state index in [4.69, 9.17) is 5.11 Å². The first-order valence-corrected chi connectivity index (χ1v) is 11.2. The van der Waals surface area contributed by atoms with Crippen molar-refractivity contribution < 1.29 is 9.90 Å². The molecule has 2 nitrogen and oxygen atoms in total. The van der Waals surface area contributed by atoms with Crippen LogP contribution in [0, 0.1) is 11.8 Å². The maximum Gasteiger partial charge on any atom is 0.306 e. The Balaban J connectivity index is 1.65. The second-order valence-corrected chi connectivity index (χ2v) is 10.8. The fourth-order valence-electron chi connectivity index (χ4n) is 4.47. The fraction of sp³-hybridized carbons (Fsp3) is 0.941. The Bertz CT molecular complexity index is 289. The molecule has 0 bridgehead atoms. The maximum absolute atomic E-state index is 11.0. The zero-order valence-corrected chi connectivity index (χ0v) is 14.3. The van der Waals surface area contributed by atoms with Gasteiger partial charge in [0.15, 0.2) is 0 Å². The van der Waals surface area contributed by atoms with Crippen LogP contribution in [0.1, 0.15) is 71.1 Å². The predicted octanol–water partition coefficient (Wildman–Crippen LogP) is 4.85. The summed E-state index contributed by atoms with van der Waals surface area (Å²) in [6.45, 7) is 2.29. The largest absolute Gasteiger partial charge is 0.481 e. The van der Waals surface area contributed by atoms with Crippen molar-refractivity contribution in [3.63, 3.8) is 0 Å². The van der Waals surface area contributed by atoms with E-state index in [0.717, 1.165) is 24.3 Å². The first-order chi connectivity index (χ1) is 9.70. The molecule has 20 heavy (non-hydrogen) atoms. The van der Waals surface area contributed by atoms with Gasteiger partial charge in [0.1, 0.15) is 0 Å². The molecule has 0 aromatic carbocycles. The number of rotatable bonds is 6. The number of aliphatic carboxylic acids is 1. The van der Waals surface area contributed by atoms with Gasteiger partial charge < -0.3 is 5.11 Å². The molecule has 0 atom stereocenters. The van der Waals surface area contributed by atoms with E-state index in [1.807, 2.05) is 0 Å². The minimum Gasteiger partial charge on any atom is -0.481 e. The van der Waals surface area contributed by atoms with Crippen molar-refractivity contribution in [1.29, 1.82) is 0 Å². The van der Waals surface area contributed by atoms with Gasteiger partial charge in [-0.3, -0.25) is 4.79 Å². The topological polar surface area (TPSA) is 37.3 Å². The van der Waals surface area contributed by atoms with Gasteiger partial charge in [-0.25, -0.2) is 0 Å². The summed E-state index contributed by atoms with van der Waals surface area (Å²) in [5, 5.41) is 9.09. The third-order valence-corrected chi connectivity index (χ3v) is 10.0. The maximum atomic E-state index is 11.0. The Morgan fingerprint density at radius 3 is 2.25 bits per heavy atom. The van der Waals surface area contributed by atoms with Crippen molar-refractivity contribution in [2.24, 2.45) is 11.8 Å². The van der Waals surface area contributed by atoms with Crippen molar-refractivity contribution in [3.8, 4) is 0 Å². The molecule has 1 aliphatic carbocycles. The number of unbranched alkanes of at least 4 members (excludes halogenated alkanes) is 2. The number of carboxylic acid groups (broad SMARTS) is 1. The molecule has 1 aliphatic heterocycles. The zero-order valence-electron chi connectivity index (χ0n) is 13.2. The summed E-state index contributed by atoms with van der Waals surface area (Å²) in [7, 11) is -0.611. The summed E-state index contributed by atoms with van der Waals surface area (Å²) in [6, 6.07) is 2.62. The van der Waals surface area contributed by atoms with Crippen molar-refractivity contribution >= 4 is 14.8 Å². The highest BCUT2D eigenvalue weighted by Crippen LogP contribution is 2.42. The Morgan fingerprint density at radius 2 is 1.70 bits per heavy atom. The van der Waals surface area contributed by atoms with E-state index in [-0.39, 0.29) is 5.92 Å². The van der Waals surface area contributed by atoms with Crippen LogP contribution < -0.4 is 0 Å². The smallest absolute Gasteiger partial charge is 0.306 e. The molecule has 116 valence electrons. The molecule has 0 amide bonds. The van der Waals surface area contributed by atoms with Gasteiger partial charge in [-0.15, -0.1) is 0 Å². The van der Waals surface area contributed by atoms with E-state index >= 15 is 0 Å². The Kier molecular flexibility index (Phi) is 6.59. The molecule has 3 heteroatoms. The quantitative estimate of drug-likeness (QED) is 0.562. The number of carboxylic acids is 1. The van der Waals surface area contributed by atoms with E-state index < -0.39 is 14.8 Å². The number of hydrogen-bond donors (Lipinski definition) is 1. The Hall–Kier alpha value is -0.313. The van der Waals surface area contributed by atoms with Crippen LogP contribution in [-0.2, 0) is 4.79 Å². The van der Waals surface area contributed by atoms with Crippen LogP contribution in [0.2, 0.25) is 17.6 Å². The number of hydrogen-bond acceptors (Lipinski definition) is 1. The van der Waals surface area contributed by atoms with E-state index in [9.17, 15) is 4.79 Å². The molecular weight excluding hydrogens is 264 g/mol. The molecule has 0 radical (unpaired) electrons. The zero-order chi connectivity index (χ0) is 14.4. The van der Waals surface area contributed by atoms with Gasteiger partial charge >= 0.3 is 5.97 Å². The van der Waals surface area contributed by atoms with Crippen LogP contribution in [0.4, 0.5) is 0 Å². The Morgan fingerprint density at radius 1 is 1.05 bits per heavy atom. The van der Waals surface area contributed by atoms with Crippen LogP contribution in [0.25, 0.3) is 0 Å². The molecule has 0 spiro atoms. The van der Waals surface area contributed by atoms with Crippen LogP contribution in [0.5, 0.6) is 0 Å². The van der Waals surface area contributed by atoms with E-state index in [0.29, 0.717) is 0 Å². The minimum atomic E-state index is -0.611. The van der Waals surface area contributed by atoms with Gasteiger partial charge in [0.05, 0.1) is 5.92 Å². The molecule has 1 saturated heterocycles. The van der Waals surface area contributed by atoms with Gasteiger partial charge in [0, 0.05) is 8.80 Å². The summed E-state index contributed by atoms with van der Waals surface area (Å²) in [6.07, 6.45) is 13.5. The summed E-state index contributed by atoms with van der Waals surface area (Å²) in [5.41, 5.74) is 1.05. The average molecular weight is 297 g/mol. The summed E-state index contributed by atoms with van der Waals surface area (Å²) in [4.78, 5) is 11.0. The van der Waals surface area contributed by atoms with Gasteiger partial charge in [0.2, 0.25) is 0 Å². The van der Waals surface area contributed by atoms with Crippen molar-refractivity contribution in [3.05, 3.63) is 0 Å². The molecule has 0 aromatic rings. The molecule has 2 rings (SSSR count). The SMILES string of the molecule is CCCCCC1CCC([Si@H]2CC[C@H](C(=O)O)CC2)CC1. The highest BCUT2D eigenvalue weighted by Gasteiger charge is 2.33. The van der Waals surface area contributed by atoms with Crippen molar-refractivity contribution in [2.45, 2.75) is 88.8 Å². The van der Waals surface area contributed by atoms with Crippen LogP contribution in [-0.4, -0.2) is 19.9 Å². The van der Waals surface area contributed by atoms with Gasteiger partial charge in [0.25, 0.3) is 0 Å². The molecular formula is C17H32O2Si. The molecule has 2 aliphatic rings. The summed E-state index contributed by atoms with van der Waals surface area (Å²) >= 11 is 0. The number of carbonyl (C=O) groups is 1. The van der Waals surface area contributed by atoms with Crippen LogP contribution in [0.15, 0.2) is 0 Å². The van der Waals surface area contributed by atoms with Crippen LogP contribution >= 0.6 is 0 Å². The molecule has 1 N–H and O–H groups in total. The van der Waals surface area contributed by atoms with Gasteiger partial charge in [-0.05, 0) is 24.3 Å². The normalized spacial score (nSPS) is 34.9. The highest BCUT2D eigenvalue weighted by atomic mass is 28.3. The van der Waals surface area contributed by atoms with Gasteiger partial charge in [-0.2, -0.15) is 0 Å². The first kappa shape index (κ1) is 16.1. The van der Waals surface area contributed by atoms with E-state index in [1.165, 1.54) is 63.5 Å². The summed E-state index contributed by atoms with van der Waals surface area (Å²) < 4.78 is 0. The predicted molar refractivity (Wildman–Crippen MR) is 87.0 cm³/mol. The second kappa shape index (κ2) is 8.21. The fourth-order valence-corrected chi connectivity index (χ4v) is 8.69. The molecule has 0 unspecified atom stereocenters. The highest BCUT2D eigenvalue weighted by molar-refractivity contribution is 6.60. The minimum absolute atomic E-state index is 0.0101. The lowest BCUT2D eigenvalue weighted by atomic mass is 9.85. The third-order valence-electron chi connectivity index (χ3n) is 5.90. The molecule has 2 fully saturated rings. The lowest BCUT2D eigenvalue weighted by Crippen LogP contribution is -2.31. The molecule has 1 saturated carbocycles. The average Bonchev–Trinajstić information content (AvgIpc) is 2.48. The second-order valence-electron chi connectivity index (χ2n) is 7.23. The molecule has 1 heterocycles. The summed E-state index contributed by atoms with van der Waals surface area (Å²) in [5.74, 6) is 0.461. The van der Waals surface area contributed by atoms with Crippen LogP contribution in [0.3, 0.4) is 0 Å². The van der Waals surface area contributed by atoms with Crippen molar-refractivity contribution in [2.75, 3.05) is 0 Å². The van der Waals surface area contributed by atoms with E-state index in [2.05, 4.69) is 6.92 Å². The van der Waals surface area contributed by atoms with E-state index in [1.54, 1.807) is 0 Å². The lowest BCUT2D eigenvalue weighted by Gasteiger charge is -2.36. The lowest BCUT2D eigenvalue weighted by molar-refractivity contribution is -0.142. The van der Waals surface area contributed by atoms with Crippen molar-refractivity contribution in [1.82, 2.24) is 0 Å². The first-order valence-electron chi connectivity index (χ1n) is 8.93. The third kappa shape index (κ3) is 4.61. The van der Waals surface area contributed by atoms with Gasteiger partial charge in [-0.1, -0.05) is 70.4 Å². The Labute approximate surface area is 126 Å². The molecule has 0 aromatic heterocycles. The standard InChI is InChI=1S/C17H32O2Si/c1-2-3-4-5-14-6-8-16(9-7-14)20-12-10-15(11-13-20)17(18)19/h14-16,20H,2-13H2,1H3,(H,18,19)/t14?,15-,16?,20-. The monoisotopic (exact) mass is 296 g/mol.